The molecule has 1 rings (SSSR count). The average Bonchev–Trinajstić information content (AvgIpc) is 2.46. The van der Waals surface area contributed by atoms with Crippen LogP contribution in [-0.4, -0.2) is 51.6 Å². The van der Waals surface area contributed by atoms with Crippen LogP contribution in [0, 0.1) is 5.92 Å². The van der Waals surface area contributed by atoms with Gasteiger partial charge < -0.3 is 5.73 Å². The Morgan fingerprint density at radius 1 is 1.38 bits per heavy atom. The van der Waals surface area contributed by atoms with Crippen molar-refractivity contribution >= 4 is 19.9 Å². The maximum atomic E-state index is 11.7. The summed E-state index contributed by atoms with van der Waals surface area (Å²) in [6, 6.07) is -0.0709. The van der Waals surface area contributed by atoms with Crippen LogP contribution in [0.5, 0.6) is 0 Å². The quantitative estimate of drug-likeness (QED) is 0.705. The van der Waals surface area contributed by atoms with Gasteiger partial charge in [0.1, 0.15) is 0 Å². The fourth-order valence-electron chi connectivity index (χ4n) is 1.78. The first-order valence-electron chi connectivity index (χ1n) is 5.03. The SMILES string of the molecule is CC(N)C1CCN(S(=O)(=O)CS(C)(=O)=O)C1. The second kappa shape index (κ2) is 4.59. The van der Waals surface area contributed by atoms with E-state index in [1.807, 2.05) is 6.92 Å². The van der Waals surface area contributed by atoms with Crippen molar-refractivity contribution in [3.63, 3.8) is 0 Å². The Bertz CT molecular complexity index is 441. The predicted molar refractivity (Wildman–Crippen MR) is 62.0 cm³/mol. The molecule has 0 bridgehead atoms. The number of hydrogen-bond donors (Lipinski definition) is 1. The van der Waals surface area contributed by atoms with Gasteiger partial charge in [-0.05, 0) is 19.3 Å². The highest BCUT2D eigenvalue weighted by Gasteiger charge is 2.34. The summed E-state index contributed by atoms with van der Waals surface area (Å²) in [4.78, 5) is 0. The minimum Gasteiger partial charge on any atom is -0.328 e. The highest BCUT2D eigenvalue weighted by Crippen LogP contribution is 2.22. The van der Waals surface area contributed by atoms with E-state index >= 15 is 0 Å². The molecule has 2 atom stereocenters. The third-order valence-corrected chi connectivity index (χ3v) is 6.71. The van der Waals surface area contributed by atoms with E-state index in [-0.39, 0.29) is 12.0 Å². The first-order chi connectivity index (χ1) is 7.12. The summed E-state index contributed by atoms with van der Waals surface area (Å²) in [5.41, 5.74) is 5.69. The summed E-state index contributed by atoms with van der Waals surface area (Å²) >= 11 is 0. The van der Waals surface area contributed by atoms with Crippen LogP contribution in [-0.2, 0) is 19.9 Å². The number of nitrogens with zero attached hydrogens (tertiary/aromatic N) is 1. The zero-order valence-corrected chi connectivity index (χ0v) is 11.1. The van der Waals surface area contributed by atoms with E-state index in [0.29, 0.717) is 19.5 Å². The molecular weight excluding hydrogens is 252 g/mol. The summed E-state index contributed by atoms with van der Waals surface area (Å²) < 4.78 is 46.6. The zero-order chi connectivity index (χ0) is 12.6. The number of nitrogens with two attached hydrogens (primary N) is 1. The maximum absolute atomic E-state index is 11.7. The highest BCUT2D eigenvalue weighted by atomic mass is 32.3. The smallest absolute Gasteiger partial charge is 0.228 e. The Morgan fingerprint density at radius 3 is 2.31 bits per heavy atom. The molecule has 0 saturated carbocycles. The van der Waals surface area contributed by atoms with Gasteiger partial charge in [-0.1, -0.05) is 0 Å². The van der Waals surface area contributed by atoms with Gasteiger partial charge in [-0.15, -0.1) is 0 Å². The minimum atomic E-state index is -3.69. The van der Waals surface area contributed by atoms with Gasteiger partial charge in [0.2, 0.25) is 10.0 Å². The second-order valence-electron chi connectivity index (χ2n) is 4.42. The van der Waals surface area contributed by atoms with Gasteiger partial charge >= 0.3 is 0 Å². The van der Waals surface area contributed by atoms with Crippen LogP contribution < -0.4 is 5.73 Å². The Balaban J connectivity index is 2.74. The Hall–Kier alpha value is -0.180. The molecule has 16 heavy (non-hydrogen) atoms. The van der Waals surface area contributed by atoms with Crippen molar-refractivity contribution in [3.8, 4) is 0 Å². The van der Waals surface area contributed by atoms with E-state index < -0.39 is 24.9 Å². The number of sulfone groups is 1. The Kier molecular flexibility index (Phi) is 3.99. The van der Waals surface area contributed by atoms with Gasteiger partial charge in [0.25, 0.3) is 0 Å². The molecule has 0 aliphatic carbocycles. The molecule has 8 heteroatoms. The molecule has 96 valence electrons. The van der Waals surface area contributed by atoms with Crippen LogP contribution in [0.4, 0.5) is 0 Å². The molecule has 1 aliphatic heterocycles. The first kappa shape index (κ1) is 13.9. The summed E-state index contributed by atoms with van der Waals surface area (Å²) in [5, 5.41) is -0.814. The third kappa shape index (κ3) is 3.69. The normalized spacial score (nSPS) is 25.8. The average molecular weight is 270 g/mol. The molecule has 0 spiro atoms. The first-order valence-corrected chi connectivity index (χ1v) is 8.70. The molecule has 1 aliphatic rings. The number of sulfonamides is 1. The predicted octanol–water partition coefficient (Wildman–Crippen LogP) is -1.01. The second-order valence-corrected chi connectivity index (χ2v) is 8.90. The third-order valence-electron chi connectivity index (χ3n) is 2.69. The van der Waals surface area contributed by atoms with E-state index in [0.717, 1.165) is 6.26 Å². The molecular formula is C8H18N2O4S2. The summed E-state index contributed by atoms with van der Waals surface area (Å²) in [6.45, 7) is 2.52. The lowest BCUT2D eigenvalue weighted by molar-refractivity contribution is 0.430. The van der Waals surface area contributed by atoms with Crippen molar-refractivity contribution in [3.05, 3.63) is 0 Å². The van der Waals surface area contributed by atoms with Crippen LogP contribution >= 0.6 is 0 Å². The van der Waals surface area contributed by atoms with Gasteiger partial charge in [-0.25, -0.2) is 21.1 Å². The van der Waals surface area contributed by atoms with Crippen LogP contribution in [0.15, 0.2) is 0 Å². The number of hydrogen-bond acceptors (Lipinski definition) is 5. The molecule has 0 aromatic rings. The largest absolute Gasteiger partial charge is 0.328 e. The van der Waals surface area contributed by atoms with Crippen LogP contribution in [0.25, 0.3) is 0 Å². The summed E-state index contributed by atoms with van der Waals surface area (Å²) in [7, 11) is -7.21. The van der Waals surface area contributed by atoms with Crippen molar-refractivity contribution < 1.29 is 16.8 Å². The van der Waals surface area contributed by atoms with Crippen LogP contribution in [0.2, 0.25) is 0 Å². The van der Waals surface area contributed by atoms with Gasteiger partial charge in [-0.3, -0.25) is 0 Å². The molecule has 0 amide bonds. The van der Waals surface area contributed by atoms with E-state index in [1.165, 1.54) is 4.31 Å². The lowest BCUT2D eigenvalue weighted by atomic mass is 10.0. The molecule has 0 radical (unpaired) electrons. The van der Waals surface area contributed by atoms with Crippen molar-refractivity contribution in [1.82, 2.24) is 4.31 Å². The van der Waals surface area contributed by atoms with Gasteiger partial charge in [-0.2, -0.15) is 0 Å². The molecule has 1 saturated heterocycles. The van der Waals surface area contributed by atoms with E-state index in [9.17, 15) is 16.8 Å². The highest BCUT2D eigenvalue weighted by molar-refractivity contribution is 8.06. The summed E-state index contributed by atoms with van der Waals surface area (Å²) in [5.74, 6) is 0.120. The molecule has 0 aromatic heterocycles. The maximum Gasteiger partial charge on any atom is 0.228 e. The molecule has 1 heterocycles. The Labute approximate surface area is 96.8 Å². The van der Waals surface area contributed by atoms with Crippen LogP contribution in [0.1, 0.15) is 13.3 Å². The van der Waals surface area contributed by atoms with Crippen molar-refractivity contribution in [2.24, 2.45) is 11.7 Å². The fourth-order valence-corrected chi connectivity index (χ4v) is 5.34. The lowest BCUT2D eigenvalue weighted by Crippen LogP contribution is -2.35. The van der Waals surface area contributed by atoms with Gasteiger partial charge in [0.05, 0.1) is 0 Å². The molecule has 0 aromatic carbocycles. The summed E-state index contributed by atoms with van der Waals surface area (Å²) in [6.07, 6.45) is 1.62. The fraction of sp³-hybridized carbons (Fsp3) is 1.00. The number of rotatable bonds is 4. The molecule has 1 fully saturated rings. The van der Waals surface area contributed by atoms with Crippen LogP contribution in [0.3, 0.4) is 0 Å². The molecule has 6 nitrogen and oxygen atoms in total. The monoisotopic (exact) mass is 270 g/mol. The van der Waals surface area contributed by atoms with E-state index in [1.54, 1.807) is 0 Å². The van der Waals surface area contributed by atoms with E-state index in [4.69, 9.17) is 5.73 Å². The van der Waals surface area contributed by atoms with Gasteiger partial charge in [0, 0.05) is 25.4 Å². The topological polar surface area (TPSA) is 97.5 Å². The van der Waals surface area contributed by atoms with Gasteiger partial charge in [0.15, 0.2) is 14.9 Å². The van der Waals surface area contributed by atoms with E-state index in [2.05, 4.69) is 0 Å². The van der Waals surface area contributed by atoms with Crippen molar-refractivity contribution in [2.75, 3.05) is 24.4 Å². The minimum absolute atomic E-state index is 0.0709. The standard InChI is InChI=1S/C8H18N2O4S2/c1-7(9)8-3-4-10(5-8)16(13,14)6-15(2,11)12/h7-8H,3-6,9H2,1-2H3. The molecule has 2 unspecified atom stereocenters. The molecule has 2 N–H and O–H groups in total. The lowest BCUT2D eigenvalue weighted by Gasteiger charge is -2.17. The zero-order valence-electron chi connectivity index (χ0n) is 9.46. The van der Waals surface area contributed by atoms with Crippen molar-refractivity contribution in [1.29, 1.82) is 0 Å². The van der Waals surface area contributed by atoms with Crippen molar-refractivity contribution in [2.45, 2.75) is 19.4 Å². The Morgan fingerprint density at radius 2 is 1.94 bits per heavy atom.